The van der Waals surface area contributed by atoms with Crippen LogP contribution in [0.3, 0.4) is 0 Å². The molecule has 6 heteroatoms. The Morgan fingerprint density at radius 1 is 0.656 bits per heavy atom. The molecular weight excluding hydrogens is 421 g/mol. The number of phosphoric acid groups is 1. The van der Waals surface area contributed by atoms with Gasteiger partial charge in [-0.2, -0.15) is 0 Å². The van der Waals surface area contributed by atoms with E-state index in [-0.39, 0.29) is 6.61 Å². The van der Waals surface area contributed by atoms with E-state index in [1.165, 1.54) is 90.0 Å². The van der Waals surface area contributed by atoms with E-state index < -0.39 is 7.82 Å². The summed E-state index contributed by atoms with van der Waals surface area (Å²) in [6.45, 7) is 8.03. The molecule has 1 unspecified atom stereocenters. The van der Waals surface area contributed by atoms with E-state index in [9.17, 15) is 4.57 Å². The van der Waals surface area contributed by atoms with Gasteiger partial charge in [0.2, 0.25) is 0 Å². The van der Waals surface area contributed by atoms with Crippen molar-refractivity contribution in [3.05, 3.63) is 0 Å². The number of phosphoric ester groups is 1. The lowest BCUT2D eigenvalue weighted by Gasteiger charge is -2.16. The van der Waals surface area contributed by atoms with Crippen molar-refractivity contribution >= 4 is 7.82 Å². The van der Waals surface area contributed by atoms with Crippen LogP contribution in [0, 0.1) is 5.92 Å². The Morgan fingerprint density at radius 2 is 1.06 bits per heavy atom. The zero-order valence-electron chi connectivity index (χ0n) is 22.3. The van der Waals surface area contributed by atoms with Crippen LogP contribution in [0.15, 0.2) is 0 Å². The van der Waals surface area contributed by atoms with Gasteiger partial charge < -0.3 is 14.7 Å². The summed E-state index contributed by atoms with van der Waals surface area (Å²) in [7, 11) is 0.0243. The SMILES string of the molecule is CCCCCCC(CCCC)COP(=O)(O)O.CCCCCCCCCCCCN(C)C. The smallest absolute Gasteiger partial charge is 0.309 e. The fourth-order valence-electron chi connectivity index (χ4n) is 3.78. The first-order valence-electron chi connectivity index (χ1n) is 13.6. The molecule has 0 spiro atoms. The number of nitrogens with zero attached hydrogens (tertiary/aromatic N) is 1. The van der Waals surface area contributed by atoms with Crippen molar-refractivity contribution in [2.45, 2.75) is 136 Å². The van der Waals surface area contributed by atoms with Gasteiger partial charge in [0.15, 0.2) is 0 Å². The summed E-state index contributed by atoms with van der Waals surface area (Å²) in [5, 5.41) is 0. The molecule has 0 aromatic rings. The quantitative estimate of drug-likeness (QED) is 0.121. The molecular formula is C26H58NO4P. The van der Waals surface area contributed by atoms with Gasteiger partial charge in [-0.3, -0.25) is 4.52 Å². The summed E-state index contributed by atoms with van der Waals surface area (Å²) in [6, 6.07) is 0. The molecule has 0 aromatic heterocycles. The van der Waals surface area contributed by atoms with Crippen molar-refractivity contribution in [2.75, 3.05) is 27.2 Å². The molecule has 0 fully saturated rings. The lowest BCUT2D eigenvalue weighted by molar-refractivity contribution is 0.157. The molecule has 0 radical (unpaired) electrons. The zero-order chi connectivity index (χ0) is 24.5. The minimum atomic E-state index is -4.30. The van der Waals surface area contributed by atoms with Crippen molar-refractivity contribution in [1.29, 1.82) is 0 Å². The second-order valence-corrected chi connectivity index (χ2v) is 10.9. The minimum Gasteiger partial charge on any atom is -0.309 e. The zero-order valence-corrected chi connectivity index (χ0v) is 23.2. The largest absolute Gasteiger partial charge is 0.469 e. The molecule has 0 aliphatic carbocycles. The van der Waals surface area contributed by atoms with E-state index in [1.807, 2.05) is 0 Å². The van der Waals surface area contributed by atoms with Gasteiger partial charge in [-0.1, -0.05) is 117 Å². The lowest BCUT2D eigenvalue weighted by Crippen LogP contribution is -2.12. The Hall–Kier alpha value is 0.0700. The van der Waals surface area contributed by atoms with Crippen molar-refractivity contribution in [3.8, 4) is 0 Å². The van der Waals surface area contributed by atoms with Crippen LogP contribution in [-0.2, 0) is 9.09 Å². The first-order chi connectivity index (χ1) is 15.3. The molecule has 0 aromatic carbocycles. The average Bonchev–Trinajstić information content (AvgIpc) is 2.73. The van der Waals surface area contributed by atoms with Crippen LogP contribution in [0.4, 0.5) is 0 Å². The number of hydrogen-bond acceptors (Lipinski definition) is 3. The van der Waals surface area contributed by atoms with Crippen LogP contribution in [0.5, 0.6) is 0 Å². The summed E-state index contributed by atoms with van der Waals surface area (Å²) in [5.41, 5.74) is 0. The monoisotopic (exact) mass is 479 g/mol. The molecule has 196 valence electrons. The molecule has 32 heavy (non-hydrogen) atoms. The molecule has 0 amide bonds. The van der Waals surface area contributed by atoms with Crippen molar-refractivity contribution in [3.63, 3.8) is 0 Å². The first kappa shape index (κ1) is 34.2. The van der Waals surface area contributed by atoms with Crippen LogP contribution in [-0.4, -0.2) is 41.9 Å². The van der Waals surface area contributed by atoms with E-state index in [4.69, 9.17) is 9.79 Å². The Bertz CT molecular complexity index is 401. The first-order valence-corrected chi connectivity index (χ1v) is 15.1. The molecule has 0 heterocycles. The molecule has 0 aliphatic rings. The van der Waals surface area contributed by atoms with Crippen LogP contribution in [0.1, 0.15) is 136 Å². The fourth-order valence-corrected chi connectivity index (χ4v) is 4.19. The Labute approximate surface area is 201 Å². The highest BCUT2D eigenvalue weighted by molar-refractivity contribution is 7.46. The maximum atomic E-state index is 10.7. The predicted molar refractivity (Wildman–Crippen MR) is 140 cm³/mol. The molecule has 0 saturated heterocycles. The highest BCUT2D eigenvalue weighted by Crippen LogP contribution is 2.37. The summed E-state index contributed by atoms with van der Waals surface area (Å²) in [6.07, 6.45) is 23.4. The summed E-state index contributed by atoms with van der Waals surface area (Å²) in [4.78, 5) is 19.7. The van der Waals surface area contributed by atoms with E-state index in [0.717, 1.165) is 32.1 Å². The summed E-state index contributed by atoms with van der Waals surface area (Å²) < 4.78 is 15.3. The number of rotatable bonds is 22. The average molecular weight is 480 g/mol. The Balaban J connectivity index is 0. The molecule has 0 rings (SSSR count). The van der Waals surface area contributed by atoms with Crippen LogP contribution >= 0.6 is 7.82 Å². The molecule has 5 nitrogen and oxygen atoms in total. The van der Waals surface area contributed by atoms with Gasteiger partial charge in [-0.15, -0.1) is 0 Å². The highest BCUT2D eigenvalue weighted by atomic mass is 31.2. The van der Waals surface area contributed by atoms with E-state index in [2.05, 4.69) is 44.3 Å². The predicted octanol–water partition coefficient (Wildman–Crippen LogP) is 8.34. The topological polar surface area (TPSA) is 70.0 Å². The Kier molecular flexibility index (Phi) is 27.5. The van der Waals surface area contributed by atoms with Gasteiger partial charge in [0.25, 0.3) is 0 Å². The van der Waals surface area contributed by atoms with Crippen LogP contribution in [0.2, 0.25) is 0 Å². The molecule has 2 N–H and O–H groups in total. The van der Waals surface area contributed by atoms with E-state index >= 15 is 0 Å². The molecule has 0 bridgehead atoms. The van der Waals surface area contributed by atoms with Crippen LogP contribution in [0.25, 0.3) is 0 Å². The van der Waals surface area contributed by atoms with Crippen molar-refractivity contribution < 1.29 is 18.9 Å². The van der Waals surface area contributed by atoms with Gasteiger partial charge in [0, 0.05) is 0 Å². The third-order valence-electron chi connectivity index (χ3n) is 5.87. The summed E-state index contributed by atoms with van der Waals surface area (Å²) >= 11 is 0. The standard InChI is InChI=1S/C14H31N.C12H27O4P/c1-4-5-6-7-8-9-10-11-12-13-14-15(2)3;1-3-5-7-8-10-12(9-6-4-2)11-16-17(13,14)15/h4-14H2,1-3H3;12H,3-11H2,1-2H3,(H2,13,14,15). The van der Waals surface area contributed by atoms with Gasteiger partial charge >= 0.3 is 7.82 Å². The van der Waals surface area contributed by atoms with Gasteiger partial charge in [0.05, 0.1) is 6.61 Å². The molecule has 0 saturated carbocycles. The molecule has 1 atom stereocenters. The summed E-state index contributed by atoms with van der Waals surface area (Å²) in [5.74, 6) is 0.291. The lowest BCUT2D eigenvalue weighted by atomic mass is 9.96. The second kappa shape index (κ2) is 25.7. The highest BCUT2D eigenvalue weighted by Gasteiger charge is 2.17. The van der Waals surface area contributed by atoms with Crippen molar-refractivity contribution in [1.82, 2.24) is 4.90 Å². The third kappa shape index (κ3) is 32.3. The number of hydrogen-bond donors (Lipinski definition) is 2. The second-order valence-electron chi connectivity index (χ2n) is 9.63. The fraction of sp³-hybridized carbons (Fsp3) is 1.00. The minimum absolute atomic E-state index is 0.191. The van der Waals surface area contributed by atoms with Gasteiger partial charge in [-0.25, -0.2) is 4.57 Å². The van der Waals surface area contributed by atoms with E-state index in [0.29, 0.717) is 5.92 Å². The normalized spacial score (nSPS) is 12.6. The maximum absolute atomic E-state index is 10.7. The van der Waals surface area contributed by atoms with Crippen LogP contribution < -0.4 is 0 Å². The Morgan fingerprint density at radius 3 is 1.50 bits per heavy atom. The third-order valence-corrected chi connectivity index (χ3v) is 6.35. The van der Waals surface area contributed by atoms with Crippen molar-refractivity contribution in [2.24, 2.45) is 5.92 Å². The molecule has 0 aliphatic heterocycles. The van der Waals surface area contributed by atoms with E-state index in [1.54, 1.807) is 0 Å². The van der Waals surface area contributed by atoms with Gasteiger partial charge in [-0.05, 0) is 45.8 Å². The van der Waals surface area contributed by atoms with Gasteiger partial charge in [0.1, 0.15) is 0 Å². The maximum Gasteiger partial charge on any atom is 0.469 e. The number of unbranched alkanes of at least 4 members (excludes halogenated alkanes) is 13.